The summed E-state index contributed by atoms with van der Waals surface area (Å²) >= 11 is 0. The number of nitrogens with zero attached hydrogens (tertiary/aromatic N) is 3. The molecule has 1 amide bonds. The number of benzene rings is 2. The first kappa shape index (κ1) is 26.8. The number of aliphatic hydroxyl groups is 1. The summed E-state index contributed by atoms with van der Waals surface area (Å²) < 4.78 is 11.7. The van der Waals surface area contributed by atoms with Crippen LogP contribution in [0.4, 0.5) is 17.1 Å². The number of hydrogen-bond acceptors (Lipinski definition) is 8. The normalized spacial score (nSPS) is 15.1. The Morgan fingerprint density at radius 3 is 3.00 bits per heavy atom. The molecule has 2 heterocycles. The van der Waals surface area contributed by atoms with E-state index in [1.54, 1.807) is 24.3 Å². The molecule has 38 heavy (non-hydrogen) atoms. The fourth-order valence-electron chi connectivity index (χ4n) is 4.08. The number of ether oxygens (including phenoxy) is 2. The van der Waals surface area contributed by atoms with Crippen LogP contribution in [0.15, 0.2) is 61.3 Å². The van der Waals surface area contributed by atoms with Crippen molar-refractivity contribution in [3.05, 3.63) is 72.5 Å². The smallest absolute Gasteiger partial charge is 0.248 e. The maximum Gasteiger partial charge on any atom is 0.248 e. The molecule has 196 valence electrons. The third-order valence-electron chi connectivity index (χ3n) is 6.09. The summed E-state index contributed by atoms with van der Waals surface area (Å²) in [4.78, 5) is 19.2. The lowest BCUT2D eigenvalue weighted by Gasteiger charge is -2.18. The van der Waals surface area contributed by atoms with Gasteiger partial charge in [0.2, 0.25) is 5.91 Å². The predicted molar refractivity (Wildman–Crippen MR) is 148 cm³/mol. The molecule has 1 aromatic heterocycles. The van der Waals surface area contributed by atoms with Crippen molar-refractivity contribution in [1.82, 2.24) is 9.88 Å². The standard InChI is InChI=1S/C29H31N5O4/c1-3-20-6-4-7-22(14-20)32-29-21(17-30)18-31-25-16-27(38-23-9-13-37-19-23)26(15-24(25)29)33-28(36)8-5-10-34(2)11-12-35/h3-8,14-16,18,23,35H,1,9-13,19H2,2H3,(H,31,32)(H,33,36)/b8-5+/t23-/m0/s1. The molecule has 1 saturated heterocycles. The Bertz CT molecular complexity index is 1380. The molecule has 1 aliphatic heterocycles. The van der Waals surface area contributed by atoms with Gasteiger partial charge in [-0.1, -0.05) is 30.9 Å². The number of pyridine rings is 1. The zero-order valence-electron chi connectivity index (χ0n) is 21.3. The molecule has 1 aliphatic rings. The predicted octanol–water partition coefficient (Wildman–Crippen LogP) is 4.08. The molecule has 0 aliphatic carbocycles. The number of aliphatic hydroxyl groups excluding tert-OH is 1. The molecular formula is C29H31N5O4. The minimum atomic E-state index is -0.327. The van der Waals surface area contributed by atoms with E-state index in [1.165, 1.54) is 12.3 Å². The lowest BCUT2D eigenvalue weighted by atomic mass is 10.1. The first-order valence-corrected chi connectivity index (χ1v) is 12.4. The first-order valence-electron chi connectivity index (χ1n) is 12.4. The van der Waals surface area contributed by atoms with Gasteiger partial charge in [0.05, 0.1) is 42.3 Å². The van der Waals surface area contributed by atoms with Crippen molar-refractivity contribution in [2.24, 2.45) is 0 Å². The second kappa shape index (κ2) is 12.8. The van der Waals surface area contributed by atoms with E-state index in [4.69, 9.17) is 14.6 Å². The molecule has 4 rings (SSSR count). The zero-order chi connectivity index (χ0) is 26.9. The molecule has 9 heteroatoms. The molecule has 9 nitrogen and oxygen atoms in total. The van der Waals surface area contributed by atoms with Crippen LogP contribution in [-0.4, -0.2) is 67.0 Å². The van der Waals surface area contributed by atoms with Gasteiger partial charge in [0, 0.05) is 48.9 Å². The van der Waals surface area contributed by atoms with Crippen LogP contribution in [0.25, 0.3) is 17.0 Å². The zero-order valence-corrected chi connectivity index (χ0v) is 21.3. The van der Waals surface area contributed by atoms with Gasteiger partial charge in [-0.15, -0.1) is 0 Å². The van der Waals surface area contributed by atoms with Crippen LogP contribution in [0.5, 0.6) is 5.75 Å². The molecule has 0 radical (unpaired) electrons. The Morgan fingerprint density at radius 2 is 2.26 bits per heavy atom. The second-order valence-electron chi connectivity index (χ2n) is 8.96. The number of anilines is 3. The molecule has 0 spiro atoms. The van der Waals surface area contributed by atoms with Crippen molar-refractivity contribution in [2.45, 2.75) is 12.5 Å². The molecular weight excluding hydrogens is 482 g/mol. The number of carbonyl (C=O) groups excluding carboxylic acids is 1. The van der Waals surface area contributed by atoms with Crippen molar-refractivity contribution >= 4 is 39.9 Å². The highest BCUT2D eigenvalue weighted by molar-refractivity contribution is 6.04. The maximum absolute atomic E-state index is 12.8. The number of likely N-dealkylation sites (N-methyl/N-ethyl adjacent to an activating group) is 1. The van der Waals surface area contributed by atoms with Gasteiger partial charge in [0.25, 0.3) is 0 Å². The quantitative estimate of drug-likeness (QED) is 0.328. The van der Waals surface area contributed by atoms with Crippen LogP contribution in [-0.2, 0) is 9.53 Å². The number of carbonyl (C=O) groups is 1. The van der Waals surface area contributed by atoms with Gasteiger partial charge in [0.1, 0.15) is 17.9 Å². The summed E-state index contributed by atoms with van der Waals surface area (Å²) in [5.41, 5.74) is 3.73. The van der Waals surface area contributed by atoms with Crippen LogP contribution in [0.1, 0.15) is 17.5 Å². The minimum Gasteiger partial charge on any atom is -0.486 e. The Morgan fingerprint density at radius 1 is 1.39 bits per heavy atom. The lowest BCUT2D eigenvalue weighted by molar-refractivity contribution is -0.111. The fourth-order valence-corrected chi connectivity index (χ4v) is 4.08. The number of nitrogens with one attached hydrogen (secondary N) is 2. The lowest BCUT2D eigenvalue weighted by Crippen LogP contribution is -2.22. The van der Waals surface area contributed by atoms with Crippen LogP contribution in [0, 0.1) is 11.3 Å². The van der Waals surface area contributed by atoms with Gasteiger partial charge in [0.15, 0.2) is 0 Å². The molecule has 1 atom stereocenters. The van der Waals surface area contributed by atoms with Crippen LogP contribution in [0.3, 0.4) is 0 Å². The van der Waals surface area contributed by atoms with Gasteiger partial charge in [-0.05, 0) is 30.8 Å². The van der Waals surface area contributed by atoms with E-state index in [9.17, 15) is 10.1 Å². The molecule has 0 bridgehead atoms. The average molecular weight is 514 g/mol. The van der Waals surface area contributed by atoms with E-state index in [0.29, 0.717) is 59.9 Å². The summed E-state index contributed by atoms with van der Waals surface area (Å²) in [6.45, 7) is 5.98. The largest absolute Gasteiger partial charge is 0.486 e. The Hall–Kier alpha value is -4.23. The number of nitriles is 1. The third kappa shape index (κ3) is 6.75. The first-order chi connectivity index (χ1) is 18.5. The van der Waals surface area contributed by atoms with E-state index in [-0.39, 0.29) is 18.6 Å². The highest BCUT2D eigenvalue weighted by Crippen LogP contribution is 2.37. The van der Waals surface area contributed by atoms with Gasteiger partial charge >= 0.3 is 0 Å². The van der Waals surface area contributed by atoms with Crippen molar-refractivity contribution in [1.29, 1.82) is 5.26 Å². The summed E-state index contributed by atoms with van der Waals surface area (Å²) in [6.07, 6.45) is 7.06. The fraction of sp³-hybridized carbons (Fsp3) is 0.276. The Labute approximate surface area is 222 Å². The SMILES string of the molecule is C=Cc1cccc(Nc2c(C#N)cnc3cc(O[C@H]4CCOC4)c(NC(=O)/C=C/CN(C)CCO)cc23)c1. The number of fused-ring (bicyclic) bond motifs is 1. The molecule has 1 fully saturated rings. The van der Waals surface area contributed by atoms with Crippen LogP contribution in [0.2, 0.25) is 0 Å². The van der Waals surface area contributed by atoms with Crippen LogP contribution >= 0.6 is 0 Å². The van der Waals surface area contributed by atoms with E-state index in [1.807, 2.05) is 36.2 Å². The highest BCUT2D eigenvalue weighted by atomic mass is 16.5. The number of hydrogen-bond donors (Lipinski definition) is 3. The molecule has 0 saturated carbocycles. The van der Waals surface area contributed by atoms with E-state index >= 15 is 0 Å². The molecule has 3 aromatic rings. The van der Waals surface area contributed by atoms with E-state index < -0.39 is 0 Å². The van der Waals surface area contributed by atoms with Gasteiger partial charge in [-0.25, -0.2) is 0 Å². The number of aromatic nitrogens is 1. The summed E-state index contributed by atoms with van der Waals surface area (Å²) in [5, 5.41) is 25.8. The third-order valence-corrected chi connectivity index (χ3v) is 6.09. The van der Waals surface area contributed by atoms with E-state index in [0.717, 1.165) is 17.7 Å². The number of rotatable bonds is 11. The Balaban J connectivity index is 1.71. The molecule has 3 N–H and O–H groups in total. The topological polar surface area (TPSA) is 120 Å². The van der Waals surface area contributed by atoms with Crippen LogP contribution < -0.4 is 15.4 Å². The summed E-state index contributed by atoms with van der Waals surface area (Å²) in [6, 6.07) is 13.4. The Kier molecular flexibility index (Phi) is 9.06. The minimum absolute atomic E-state index is 0.0478. The second-order valence-corrected chi connectivity index (χ2v) is 8.96. The summed E-state index contributed by atoms with van der Waals surface area (Å²) in [7, 11) is 1.86. The molecule has 2 aromatic carbocycles. The number of amides is 1. The maximum atomic E-state index is 12.8. The highest BCUT2D eigenvalue weighted by Gasteiger charge is 2.21. The van der Waals surface area contributed by atoms with E-state index in [2.05, 4.69) is 28.3 Å². The van der Waals surface area contributed by atoms with Crippen molar-refractivity contribution in [3.8, 4) is 11.8 Å². The molecule has 0 unspecified atom stereocenters. The van der Waals surface area contributed by atoms with Crippen molar-refractivity contribution in [3.63, 3.8) is 0 Å². The van der Waals surface area contributed by atoms with Crippen molar-refractivity contribution in [2.75, 3.05) is 50.6 Å². The van der Waals surface area contributed by atoms with Gasteiger partial charge < -0.3 is 30.1 Å². The monoisotopic (exact) mass is 513 g/mol. The average Bonchev–Trinajstić information content (AvgIpc) is 3.43. The van der Waals surface area contributed by atoms with Crippen molar-refractivity contribution < 1.29 is 19.4 Å². The van der Waals surface area contributed by atoms with Gasteiger partial charge in [-0.2, -0.15) is 5.26 Å². The van der Waals surface area contributed by atoms with Gasteiger partial charge in [-0.3, -0.25) is 9.78 Å². The summed E-state index contributed by atoms with van der Waals surface area (Å²) in [5.74, 6) is 0.149.